The van der Waals surface area contributed by atoms with Gasteiger partial charge < -0.3 is 9.64 Å². The van der Waals surface area contributed by atoms with Crippen LogP contribution in [0.3, 0.4) is 0 Å². The van der Waals surface area contributed by atoms with Crippen molar-refractivity contribution < 1.29 is 18.3 Å². The summed E-state index contributed by atoms with van der Waals surface area (Å²) in [7, 11) is 1.30. The summed E-state index contributed by atoms with van der Waals surface area (Å²) in [6, 6.07) is 13.1. The Morgan fingerprint density at radius 2 is 1.92 bits per heavy atom. The number of methoxy groups -OCH3 is 1. The van der Waals surface area contributed by atoms with E-state index in [1.807, 2.05) is 30.3 Å². The first kappa shape index (κ1) is 16.2. The fourth-order valence-electron chi connectivity index (χ4n) is 3.04. The predicted octanol–water partition coefficient (Wildman–Crippen LogP) is 4.22. The minimum Gasteiger partial charge on any atom is -0.466 e. The number of halogens is 2. The second kappa shape index (κ2) is 6.22. The average Bonchev–Trinajstić information content (AvgIpc) is 2.67. The van der Waals surface area contributed by atoms with Gasteiger partial charge in [-0.3, -0.25) is 0 Å². The van der Waals surface area contributed by atoms with Crippen LogP contribution < -0.4 is 4.90 Å². The van der Waals surface area contributed by atoms with Gasteiger partial charge in [0, 0.05) is 22.7 Å². The van der Waals surface area contributed by atoms with E-state index in [9.17, 15) is 13.6 Å². The number of pyridine rings is 1. The van der Waals surface area contributed by atoms with Crippen LogP contribution >= 0.6 is 0 Å². The Morgan fingerprint density at radius 3 is 2.69 bits per heavy atom. The van der Waals surface area contributed by atoms with Crippen LogP contribution in [0.5, 0.6) is 0 Å². The molecule has 0 aliphatic carbocycles. The summed E-state index contributed by atoms with van der Waals surface area (Å²) < 4.78 is 31.9. The van der Waals surface area contributed by atoms with Crippen molar-refractivity contribution in [1.29, 1.82) is 0 Å². The van der Waals surface area contributed by atoms with Crippen molar-refractivity contribution >= 4 is 34.5 Å². The zero-order chi connectivity index (χ0) is 18.3. The number of rotatable bonds is 2. The van der Waals surface area contributed by atoms with Crippen molar-refractivity contribution in [3.05, 3.63) is 71.3 Å². The maximum absolute atomic E-state index is 13.8. The third-order valence-corrected chi connectivity index (χ3v) is 4.31. The van der Waals surface area contributed by atoms with Gasteiger partial charge in [0.2, 0.25) is 0 Å². The van der Waals surface area contributed by atoms with E-state index in [1.165, 1.54) is 13.2 Å². The van der Waals surface area contributed by atoms with E-state index >= 15 is 0 Å². The van der Waals surface area contributed by atoms with Gasteiger partial charge in [0.15, 0.2) is 11.6 Å². The van der Waals surface area contributed by atoms with E-state index in [0.29, 0.717) is 22.6 Å². The van der Waals surface area contributed by atoms with E-state index in [0.717, 1.165) is 23.0 Å². The number of fused-ring (bicyclic) bond motifs is 2. The molecule has 130 valence electrons. The number of esters is 1. The predicted molar refractivity (Wildman–Crippen MR) is 95.1 cm³/mol. The van der Waals surface area contributed by atoms with Crippen molar-refractivity contribution in [2.24, 2.45) is 0 Å². The lowest BCUT2D eigenvalue weighted by Crippen LogP contribution is -2.28. The first-order valence-corrected chi connectivity index (χ1v) is 7.98. The van der Waals surface area contributed by atoms with Crippen molar-refractivity contribution in [2.45, 2.75) is 0 Å². The SMILES string of the molecule is COC(=O)C1=Cc2cc3ccccc3nc2N(c2ccc(F)c(F)c2)C1. The summed E-state index contributed by atoms with van der Waals surface area (Å²) in [4.78, 5) is 18.4. The smallest absolute Gasteiger partial charge is 0.335 e. The molecule has 4 rings (SSSR count). The quantitative estimate of drug-likeness (QED) is 0.648. The molecule has 3 aromatic rings. The molecule has 0 fully saturated rings. The minimum atomic E-state index is -0.959. The Bertz CT molecular complexity index is 1060. The molecule has 0 saturated carbocycles. The molecule has 1 aromatic heterocycles. The first-order chi connectivity index (χ1) is 12.6. The lowest BCUT2D eigenvalue weighted by Gasteiger charge is -2.30. The molecular formula is C20H14F2N2O2. The Balaban J connectivity index is 1.92. The van der Waals surface area contributed by atoms with Crippen LogP contribution in [0.25, 0.3) is 17.0 Å². The molecule has 26 heavy (non-hydrogen) atoms. The maximum atomic E-state index is 13.8. The summed E-state index contributed by atoms with van der Waals surface area (Å²) in [5.74, 6) is -1.79. The van der Waals surface area contributed by atoms with E-state index < -0.39 is 17.6 Å². The van der Waals surface area contributed by atoms with Crippen LogP contribution in [0, 0.1) is 11.6 Å². The third kappa shape index (κ3) is 2.69. The van der Waals surface area contributed by atoms with Gasteiger partial charge in [-0.2, -0.15) is 0 Å². The maximum Gasteiger partial charge on any atom is 0.335 e. The largest absolute Gasteiger partial charge is 0.466 e. The van der Waals surface area contributed by atoms with Gasteiger partial charge in [-0.05, 0) is 30.3 Å². The van der Waals surface area contributed by atoms with Crippen molar-refractivity contribution in [3.63, 3.8) is 0 Å². The number of hydrogen-bond donors (Lipinski definition) is 0. The van der Waals surface area contributed by atoms with Crippen molar-refractivity contribution in [2.75, 3.05) is 18.6 Å². The summed E-state index contributed by atoms with van der Waals surface area (Å²) in [5, 5.41) is 0.916. The van der Waals surface area contributed by atoms with E-state index in [-0.39, 0.29) is 6.54 Å². The molecule has 0 atom stereocenters. The van der Waals surface area contributed by atoms with Gasteiger partial charge in [0.05, 0.1) is 24.7 Å². The molecule has 0 radical (unpaired) electrons. The van der Waals surface area contributed by atoms with Crippen molar-refractivity contribution in [3.8, 4) is 0 Å². The molecule has 0 amide bonds. The zero-order valence-electron chi connectivity index (χ0n) is 13.9. The molecule has 2 aromatic carbocycles. The van der Waals surface area contributed by atoms with Gasteiger partial charge in [0.1, 0.15) is 5.82 Å². The fraction of sp³-hybridized carbons (Fsp3) is 0.100. The summed E-state index contributed by atoms with van der Waals surface area (Å²) in [6.45, 7) is 0.149. The number of carbonyl (C=O) groups is 1. The van der Waals surface area contributed by atoms with E-state index in [2.05, 4.69) is 4.98 Å². The van der Waals surface area contributed by atoms with Crippen LogP contribution in [-0.2, 0) is 9.53 Å². The van der Waals surface area contributed by atoms with Gasteiger partial charge >= 0.3 is 5.97 Å². The second-order valence-electron chi connectivity index (χ2n) is 5.94. The molecule has 0 N–H and O–H groups in total. The number of ether oxygens (including phenoxy) is 1. The van der Waals surface area contributed by atoms with Crippen LogP contribution in [0.1, 0.15) is 5.56 Å². The Kier molecular flexibility index (Phi) is 3.88. The van der Waals surface area contributed by atoms with Crippen LogP contribution in [0.2, 0.25) is 0 Å². The Morgan fingerprint density at radius 1 is 1.12 bits per heavy atom. The summed E-state index contributed by atoms with van der Waals surface area (Å²) in [5.41, 5.74) is 2.29. The monoisotopic (exact) mass is 352 g/mol. The van der Waals surface area contributed by atoms with Gasteiger partial charge in [0.25, 0.3) is 0 Å². The van der Waals surface area contributed by atoms with Crippen LogP contribution in [0.4, 0.5) is 20.3 Å². The second-order valence-corrected chi connectivity index (χ2v) is 5.94. The molecule has 0 bridgehead atoms. The molecule has 4 nitrogen and oxygen atoms in total. The van der Waals surface area contributed by atoms with Crippen LogP contribution in [-0.4, -0.2) is 24.6 Å². The Hall–Kier alpha value is -3.28. The summed E-state index contributed by atoms with van der Waals surface area (Å²) in [6.07, 6.45) is 1.72. The molecule has 0 saturated heterocycles. The molecule has 1 aliphatic heterocycles. The highest BCUT2D eigenvalue weighted by Crippen LogP contribution is 2.35. The molecule has 6 heteroatoms. The molecule has 0 unspecified atom stereocenters. The number of para-hydroxylation sites is 1. The van der Waals surface area contributed by atoms with Crippen LogP contribution in [0.15, 0.2) is 54.1 Å². The first-order valence-electron chi connectivity index (χ1n) is 7.98. The van der Waals surface area contributed by atoms with Gasteiger partial charge in [-0.15, -0.1) is 0 Å². The Labute approximate surface area is 148 Å². The number of nitrogens with zero attached hydrogens (tertiary/aromatic N) is 2. The lowest BCUT2D eigenvalue weighted by molar-refractivity contribution is -0.136. The zero-order valence-corrected chi connectivity index (χ0v) is 13.9. The topological polar surface area (TPSA) is 42.4 Å². The van der Waals surface area contributed by atoms with Gasteiger partial charge in [-0.25, -0.2) is 18.6 Å². The number of benzene rings is 2. The lowest BCUT2D eigenvalue weighted by atomic mass is 10.0. The van der Waals surface area contributed by atoms with Gasteiger partial charge in [-0.1, -0.05) is 18.2 Å². The highest BCUT2D eigenvalue weighted by atomic mass is 19.2. The highest BCUT2D eigenvalue weighted by molar-refractivity contribution is 5.99. The summed E-state index contributed by atoms with van der Waals surface area (Å²) >= 11 is 0. The minimum absolute atomic E-state index is 0.149. The van der Waals surface area contributed by atoms with E-state index in [4.69, 9.17) is 4.74 Å². The van der Waals surface area contributed by atoms with Crippen molar-refractivity contribution in [1.82, 2.24) is 4.98 Å². The molecule has 0 spiro atoms. The molecule has 2 heterocycles. The standard InChI is InChI=1S/C20H14F2N2O2/c1-26-20(25)14-9-13-8-12-4-2-3-5-18(12)23-19(13)24(11-14)15-6-7-16(21)17(22)10-15/h2-10H,11H2,1H3. The third-order valence-electron chi connectivity index (χ3n) is 4.31. The normalized spacial score (nSPS) is 13.3. The van der Waals surface area contributed by atoms with E-state index in [1.54, 1.807) is 11.0 Å². The average molecular weight is 352 g/mol. The number of aromatic nitrogens is 1. The highest BCUT2D eigenvalue weighted by Gasteiger charge is 2.26. The number of anilines is 2. The number of carbonyl (C=O) groups excluding carboxylic acids is 1. The molecular weight excluding hydrogens is 338 g/mol. The fourth-order valence-corrected chi connectivity index (χ4v) is 3.04. The molecule has 1 aliphatic rings. The number of hydrogen-bond acceptors (Lipinski definition) is 4.